The van der Waals surface area contributed by atoms with E-state index < -0.39 is 11.6 Å². The first-order valence-electron chi connectivity index (χ1n) is 8.24. The van der Waals surface area contributed by atoms with Crippen LogP contribution in [0.15, 0.2) is 45.6 Å². The van der Waals surface area contributed by atoms with Crippen LogP contribution in [-0.2, 0) is 9.53 Å². The van der Waals surface area contributed by atoms with Gasteiger partial charge in [0.2, 0.25) is 6.79 Å². The molecule has 1 aliphatic rings. The smallest absolute Gasteiger partial charge is 0.344 e. The van der Waals surface area contributed by atoms with Gasteiger partial charge in [0.25, 0.3) is 0 Å². The summed E-state index contributed by atoms with van der Waals surface area (Å²) in [4.78, 5) is 23.8. The van der Waals surface area contributed by atoms with Gasteiger partial charge >= 0.3 is 11.6 Å². The van der Waals surface area contributed by atoms with Crippen molar-refractivity contribution in [2.75, 3.05) is 20.5 Å². The fourth-order valence-electron chi connectivity index (χ4n) is 3.01. The third-order valence-corrected chi connectivity index (χ3v) is 4.38. The minimum Gasteiger partial charge on any atom is -0.482 e. The zero-order valence-corrected chi connectivity index (χ0v) is 14.7. The normalized spacial score (nSPS) is 12.2. The summed E-state index contributed by atoms with van der Waals surface area (Å²) in [5.41, 5.74) is 1.84. The average Bonchev–Trinajstić information content (AvgIpc) is 3.13. The summed E-state index contributed by atoms with van der Waals surface area (Å²) in [5, 5.41) is 0.771. The van der Waals surface area contributed by atoms with Gasteiger partial charge in [-0.1, -0.05) is 6.07 Å². The minimum atomic E-state index is -0.495. The van der Waals surface area contributed by atoms with E-state index in [9.17, 15) is 9.59 Å². The molecular formula is C20H16O7. The second-order valence-electron chi connectivity index (χ2n) is 5.98. The number of hydrogen-bond donors (Lipinski definition) is 0. The van der Waals surface area contributed by atoms with Crippen molar-refractivity contribution in [3.8, 4) is 28.4 Å². The SMILES string of the molecule is COC(=O)COc1ccc2c(C)c(-c3ccc4c(c3)OCO4)c(=O)oc2c1. The maximum Gasteiger partial charge on any atom is 0.344 e. The number of hydrogen-bond acceptors (Lipinski definition) is 7. The summed E-state index contributed by atoms with van der Waals surface area (Å²) in [6.07, 6.45) is 0. The highest BCUT2D eigenvalue weighted by molar-refractivity contribution is 5.87. The van der Waals surface area contributed by atoms with Crippen LogP contribution in [0.2, 0.25) is 0 Å². The maximum atomic E-state index is 12.6. The average molecular weight is 368 g/mol. The predicted molar refractivity (Wildman–Crippen MR) is 96.3 cm³/mol. The van der Waals surface area contributed by atoms with Gasteiger partial charge in [0.15, 0.2) is 18.1 Å². The van der Waals surface area contributed by atoms with E-state index >= 15 is 0 Å². The molecule has 1 aromatic heterocycles. The molecule has 4 rings (SSSR count). The summed E-state index contributed by atoms with van der Waals surface area (Å²) >= 11 is 0. The molecule has 2 aromatic carbocycles. The van der Waals surface area contributed by atoms with Crippen molar-refractivity contribution in [2.24, 2.45) is 0 Å². The Morgan fingerprint density at radius 1 is 1.11 bits per heavy atom. The number of carbonyl (C=O) groups excluding carboxylic acids is 1. The Morgan fingerprint density at radius 3 is 2.74 bits per heavy atom. The van der Waals surface area contributed by atoms with Crippen LogP contribution in [0.5, 0.6) is 17.2 Å². The second-order valence-corrected chi connectivity index (χ2v) is 5.98. The number of benzene rings is 2. The molecule has 0 amide bonds. The molecule has 27 heavy (non-hydrogen) atoms. The Hall–Kier alpha value is -3.48. The number of carbonyl (C=O) groups is 1. The van der Waals surface area contributed by atoms with E-state index in [2.05, 4.69) is 4.74 Å². The van der Waals surface area contributed by atoms with Crippen LogP contribution in [0.25, 0.3) is 22.1 Å². The van der Waals surface area contributed by atoms with E-state index in [1.807, 2.05) is 6.92 Å². The first kappa shape index (κ1) is 17.0. The van der Waals surface area contributed by atoms with Crippen molar-refractivity contribution in [2.45, 2.75) is 6.92 Å². The summed E-state index contributed by atoms with van der Waals surface area (Å²) in [6.45, 7) is 1.80. The van der Waals surface area contributed by atoms with E-state index in [1.54, 1.807) is 36.4 Å². The monoisotopic (exact) mass is 368 g/mol. The fraction of sp³-hybridized carbons (Fsp3) is 0.200. The molecule has 0 spiro atoms. The topological polar surface area (TPSA) is 84.2 Å². The van der Waals surface area contributed by atoms with Crippen LogP contribution in [0.1, 0.15) is 5.56 Å². The lowest BCUT2D eigenvalue weighted by Gasteiger charge is -2.10. The molecule has 0 radical (unpaired) electrons. The van der Waals surface area contributed by atoms with E-state index in [0.29, 0.717) is 34.0 Å². The van der Waals surface area contributed by atoms with Crippen molar-refractivity contribution in [3.05, 3.63) is 52.4 Å². The Morgan fingerprint density at radius 2 is 1.93 bits per heavy atom. The van der Waals surface area contributed by atoms with Gasteiger partial charge in [-0.3, -0.25) is 0 Å². The Kier molecular flexibility index (Phi) is 4.19. The summed E-state index contributed by atoms with van der Waals surface area (Å²) < 4.78 is 26.1. The third-order valence-electron chi connectivity index (χ3n) is 4.38. The molecule has 0 atom stereocenters. The highest BCUT2D eigenvalue weighted by atomic mass is 16.7. The van der Waals surface area contributed by atoms with E-state index in [0.717, 1.165) is 10.9 Å². The van der Waals surface area contributed by atoms with Crippen molar-refractivity contribution in [3.63, 3.8) is 0 Å². The largest absolute Gasteiger partial charge is 0.482 e. The van der Waals surface area contributed by atoms with Crippen molar-refractivity contribution < 1.29 is 28.2 Å². The number of fused-ring (bicyclic) bond motifs is 2. The first-order chi connectivity index (χ1) is 13.1. The van der Waals surface area contributed by atoms with Crippen LogP contribution in [0.3, 0.4) is 0 Å². The van der Waals surface area contributed by atoms with Gasteiger partial charge in [-0.05, 0) is 42.3 Å². The molecule has 1 aliphatic heterocycles. The van der Waals surface area contributed by atoms with Gasteiger partial charge < -0.3 is 23.4 Å². The van der Waals surface area contributed by atoms with Crippen molar-refractivity contribution >= 4 is 16.9 Å². The van der Waals surface area contributed by atoms with E-state index in [4.69, 9.17) is 18.6 Å². The third kappa shape index (κ3) is 3.08. The Balaban J connectivity index is 1.75. The van der Waals surface area contributed by atoms with Crippen LogP contribution < -0.4 is 19.8 Å². The molecule has 0 saturated carbocycles. The van der Waals surface area contributed by atoms with Crippen LogP contribution in [0.4, 0.5) is 0 Å². The quantitative estimate of drug-likeness (QED) is 0.517. The molecule has 0 aliphatic carbocycles. The summed E-state index contributed by atoms with van der Waals surface area (Å²) in [6, 6.07) is 10.4. The lowest BCUT2D eigenvalue weighted by Crippen LogP contribution is -2.12. The Bertz CT molecular complexity index is 1100. The maximum absolute atomic E-state index is 12.6. The second kappa shape index (κ2) is 6.68. The van der Waals surface area contributed by atoms with E-state index in [1.165, 1.54) is 7.11 Å². The number of esters is 1. The summed E-state index contributed by atoms with van der Waals surface area (Å²) in [5.74, 6) is 1.16. The molecule has 0 fully saturated rings. The predicted octanol–water partition coefficient (Wildman–Crippen LogP) is 3.05. The van der Waals surface area contributed by atoms with Gasteiger partial charge in [0.1, 0.15) is 11.3 Å². The number of ether oxygens (including phenoxy) is 4. The van der Waals surface area contributed by atoms with Gasteiger partial charge in [-0.15, -0.1) is 0 Å². The Labute approximate surface area is 154 Å². The molecular weight excluding hydrogens is 352 g/mol. The van der Waals surface area contributed by atoms with Crippen molar-refractivity contribution in [1.82, 2.24) is 0 Å². The fourth-order valence-corrected chi connectivity index (χ4v) is 3.01. The molecule has 7 nitrogen and oxygen atoms in total. The lowest BCUT2D eigenvalue weighted by atomic mass is 9.99. The molecule has 0 unspecified atom stereocenters. The number of methoxy groups -OCH3 is 1. The van der Waals surface area contributed by atoms with Crippen LogP contribution in [-0.4, -0.2) is 26.5 Å². The molecule has 7 heteroatoms. The molecule has 2 heterocycles. The highest BCUT2D eigenvalue weighted by Crippen LogP contribution is 2.37. The minimum absolute atomic E-state index is 0.165. The van der Waals surface area contributed by atoms with Gasteiger partial charge in [0.05, 0.1) is 12.7 Å². The van der Waals surface area contributed by atoms with Crippen LogP contribution >= 0.6 is 0 Å². The lowest BCUT2D eigenvalue weighted by molar-refractivity contribution is -0.142. The summed E-state index contributed by atoms with van der Waals surface area (Å²) in [7, 11) is 1.28. The van der Waals surface area contributed by atoms with Gasteiger partial charge in [-0.25, -0.2) is 9.59 Å². The van der Waals surface area contributed by atoms with Crippen molar-refractivity contribution in [1.29, 1.82) is 0 Å². The standard InChI is InChI=1S/C20H16O7/c1-11-14-5-4-13(24-9-18(21)23-2)8-16(14)27-20(22)19(11)12-3-6-15-17(7-12)26-10-25-15/h3-8H,9-10H2,1-2H3. The molecule has 3 aromatic rings. The van der Waals surface area contributed by atoms with Gasteiger partial charge in [-0.2, -0.15) is 0 Å². The number of rotatable bonds is 4. The molecule has 0 saturated heterocycles. The first-order valence-corrected chi connectivity index (χ1v) is 8.24. The zero-order valence-electron chi connectivity index (χ0n) is 14.7. The zero-order chi connectivity index (χ0) is 19.0. The highest BCUT2D eigenvalue weighted by Gasteiger charge is 2.18. The molecule has 138 valence electrons. The van der Waals surface area contributed by atoms with E-state index in [-0.39, 0.29) is 13.4 Å². The molecule has 0 bridgehead atoms. The number of aryl methyl sites for hydroxylation is 1. The molecule has 0 N–H and O–H groups in total. The van der Waals surface area contributed by atoms with Gasteiger partial charge in [0, 0.05) is 11.5 Å². The van der Waals surface area contributed by atoms with Crippen LogP contribution in [0, 0.1) is 6.92 Å².